The highest BCUT2D eigenvalue weighted by atomic mass is 32.2. The molecule has 9 heteroatoms. The topological polar surface area (TPSA) is 92.7 Å². The summed E-state index contributed by atoms with van der Waals surface area (Å²) >= 11 is 2.62. The minimum absolute atomic E-state index is 0.0193. The predicted octanol–water partition coefficient (Wildman–Crippen LogP) is 3.70. The van der Waals surface area contributed by atoms with Gasteiger partial charge < -0.3 is 15.4 Å². The van der Waals surface area contributed by atoms with Crippen molar-refractivity contribution in [1.29, 1.82) is 0 Å². The number of carbonyl (C=O) groups is 2. The molecule has 1 saturated carbocycles. The number of aromatic nitrogens is 1. The molecule has 0 spiro atoms. The smallest absolute Gasteiger partial charge is 0.264 e. The summed E-state index contributed by atoms with van der Waals surface area (Å²) in [7, 11) is 1.62. The van der Waals surface area contributed by atoms with Gasteiger partial charge in [-0.1, -0.05) is 11.3 Å². The first-order valence-corrected chi connectivity index (χ1v) is 10.4. The lowest BCUT2D eigenvalue weighted by Gasteiger charge is -2.04. The lowest BCUT2D eigenvalue weighted by atomic mass is 10.2. The molecular weight excluding hydrogens is 396 g/mol. The number of hydrogen-bond donors (Lipinski definition) is 2. The number of aryl methyl sites for hydroxylation is 1. The molecule has 2 aliphatic rings. The van der Waals surface area contributed by atoms with E-state index in [9.17, 15) is 9.59 Å². The average molecular weight is 415 g/mol. The van der Waals surface area contributed by atoms with Crippen LogP contribution in [0.2, 0.25) is 0 Å². The molecule has 144 valence electrons. The summed E-state index contributed by atoms with van der Waals surface area (Å²) < 4.78 is 5.20. The zero-order valence-corrected chi connectivity index (χ0v) is 16.9. The van der Waals surface area contributed by atoms with Crippen molar-refractivity contribution in [2.24, 2.45) is 10.9 Å². The molecule has 0 unspecified atom stereocenters. The lowest BCUT2D eigenvalue weighted by molar-refractivity contribution is -0.117. The molecule has 2 fully saturated rings. The Kier molecular flexibility index (Phi) is 5.19. The summed E-state index contributed by atoms with van der Waals surface area (Å²) in [6, 6.07) is 5.58. The van der Waals surface area contributed by atoms with Crippen LogP contribution in [0.4, 0.5) is 10.8 Å². The van der Waals surface area contributed by atoms with Crippen LogP contribution in [0.15, 0.2) is 34.3 Å². The van der Waals surface area contributed by atoms with Crippen LogP contribution in [0, 0.1) is 12.8 Å². The zero-order valence-electron chi connectivity index (χ0n) is 15.3. The van der Waals surface area contributed by atoms with E-state index >= 15 is 0 Å². The molecule has 0 bridgehead atoms. The van der Waals surface area contributed by atoms with Gasteiger partial charge >= 0.3 is 0 Å². The number of amides is 2. The molecule has 28 heavy (non-hydrogen) atoms. The minimum atomic E-state index is -0.202. The Bertz CT molecular complexity index is 1010. The molecule has 1 aromatic heterocycles. The van der Waals surface area contributed by atoms with Crippen molar-refractivity contribution >= 4 is 57.0 Å². The van der Waals surface area contributed by atoms with Crippen molar-refractivity contribution in [2.45, 2.75) is 19.8 Å². The van der Waals surface area contributed by atoms with E-state index < -0.39 is 0 Å². The average Bonchev–Trinajstić information content (AvgIpc) is 3.35. The van der Waals surface area contributed by atoms with Crippen LogP contribution in [0.1, 0.15) is 23.3 Å². The van der Waals surface area contributed by atoms with Gasteiger partial charge in [-0.25, -0.2) is 9.98 Å². The largest absolute Gasteiger partial charge is 0.497 e. The van der Waals surface area contributed by atoms with E-state index in [-0.39, 0.29) is 17.7 Å². The normalized spacial score (nSPS) is 19.1. The van der Waals surface area contributed by atoms with E-state index in [4.69, 9.17) is 4.74 Å². The van der Waals surface area contributed by atoms with Gasteiger partial charge in [-0.3, -0.25) is 9.59 Å². The number of methoxy groups -OCH3 is 1. The second kappa shape index (κ2) is 7.76. The van der Waals surface area contributed by atoms with Crippen LogP contribution < -0.4 is 15.4 Å². The number of amidine groups is 1. The van der Waals surface area contributed by atoms with E-state index in [0.717, 1.165) is 34.7 Å². The number of rotatable bonds is 5. The van der Waals surface area contributed by atoms with Gasteiger partial charge in [-0.2, -0.15) is 0 Å². The third kappa shape index (κ3) is 4.26. The van der Waals surface area contributed by atoms with Crippen molar-refractivity contribution in [3.05, 3.63) is 39.7 Å². The number of thioether (sulfide) groups is 1. The van der Waals surface area contributed by atoms with Crippen LogP contribution in [0.25, 0.3) is 6.08 Å². The van der Waals surface area contributed by atoms with Gasteiger partial charge in [0.05, 0.1) is 22.6 Å². The standard InChI is InChI=1S/C19H18N4O3S2/c1-10-7-12(26-2)5-6-14(10)21-19-23-17(25)15(28-19)8-13-9-20-18(27-13)22-16(24)11-3-4-11/h5-9,11H,3-4H2,1-2H3,(H,20,22,24)(H,21,23,25). The third-order valence-corrected chi connectivity index (χ3v) is 6.02. The fourth-order valence-corrected chi connectivity index (χ4v) is 4.23. The number of ether oxygens (including phenoxy) is 1. The predicted molar refractivity (Wildman–Crippen MR) is 112 cm³/mol. The number of nitrogens with zero attached hydrogens (tertiary/aromatic N) is 2. The number of carbonyl (C=O) groups excluding carboxylic acids is 2. The van der Waals surface area contributed by atoms with Gasteiger partial charge in [-0.15, -0.1) is 0 Å². The van der Waals surface area contributed by atoms with Crippen molar-refractivity contribution in [3.63, 3.8) is 0 Å². The van der Waals surface area contributed by atoms with E-state index in [1.165, 1.54) is 23.1 Å². The summed E-state index contributed by atoms with van der Waals surface area (Å²) in [6.07, 6.45) is 5.30. The molecular formula is C19H18N4O3S2. The molecule has 7 nitrogen and oxygen atoms in total. The van der Waals surface area contributed by atoms with Crippen LogP contribution in [0.5, 0.6) is 5.75 Å². The van der Waals surface area contributed by atoms with Crippen LogP contribution in [-0.2, 0) is 9.59 Å². The van der Waals surface area contributed by atoms with Crippen LogP contribution in [0.3, 0.4) is 0 Å². The highest BCUT2D eigenvalue weighted by Crippen LogP contribution is 2.33. The summed E-state index contributed by atoms with van der Waals surface area (Å²) in [5.41, 5.74) is 1.73. The summed E-state index contributed by atoms with van der Waals surface area (Å²) in [4.78, 5) is 34.1. The number of anilines is 1. The van der Waals surface area contributed by atoms with Gasteiger partial charge in [0.15, 0.2) is 10.3 Å². The third-order valence-electron chi connectivity index (χ3n) is 4.25. The molecule has 0 radical (unpaired) electrons. The van der Waals surface area contributed by atoms with Crippen molar-refractivity contribution in [3.8, 4) is 5.75 Å². The molecule has 1 saturated heterocycles. The summed E-state index contributed by atoms with van der Waals surface area (Å²) in [5, 5.41) is 6.67. The zero-order chi connectivity index (χ0) is 19.7. The molecule has 2 heterocycles. The molecule has 1 aliphatic carbocycles. The lowest BCUT2D eigenvalue weighted by Crippen LogP contribution is -2.19. The van der Waals surface area contributed by atoms with E-state index in [1.807, 2.05) is 25.1 Å². The quantitative estimate of drug-likeness (QED) is 0.728. The summed E-state index contributed by atoms with van der Waals surface area (Å²) in [6.45, 7) is 1.94. The first kappa shape index (κ1) is 18.7. The Morgan fingerprint density at radius 3 is 2.96 bits per heavy atom. The number of hydrogen-bond acceptors (Lipinski definition) is 7. The summed E-state index contributed by atoms with van der Waals surface area (Å²) in [5.74, 6) is 0.708. The number of benzene rings is 1. The highest BCUT2D eigenvalue weighted by molar-refractivity contribution is 8.18. The Labute approximate surface area is 170 Å². The minimum Gasteiger partial charge on any atom is -0.497 e. The molecule has 0 atom stereocenters. The van der Waals surface area contributed by atoms with Gasteiger partial charge in [0.2, 0.25) is 5.91 Å². The van der Waals surface area contributed by atoms with Crippen LogP contribution in [-0.4, -0.2) is 29.1 Å². The molecule has 2 N–H and O–H groups in total. The Morgan fingerprint density at radius 1 is 1.43 bits per heavy atom. The van der Waals surface area contributed by atoms with Crippen LogP contribution >= 0.6 is 23.1 Å². The van der Waals surface area contributed by atoms with E-state index in [1.54, 1.807) is 19.4 Å². The van der Waals surface area contributed by atoms with Gasteiger partial charge in [0.1, 0.15) is 5.75 Å². The van der Waals surface area contributed by atoms with Gasteiger partial charge in [0.25, 0.3) is 5.91 Å². The van der Waals surface area contributed by atoms with Crippen molar-refractivity contribution in [1.82, 2.24) is 10.3 Å². The van der Waals surface area contributed by atoms with Crippen molar-refractivity contribution < 1.29 is 14.3 Å². The highest BCUT2D eigenvalue weighted by Gasteiger charge is 2.30. The monoisotopic (exact) mass is 414 g/mol. The SMILES string of the molecule is COc1ccc(N=C2NC(=O)C(=Cc3cnc(NC(=O)C4CC4)s3)S2)c(C)c1. The Morgan fingerprint density at radius 2 is 2.25 bits per heavy atom. The van der Waals surface area contributed by atoms with E-state index in [0.29, 0.717) is 15.2 Å². The first-order chi connectivity index (χ1) is 13.5. The second-order valence-corrected chi connectivity index (χ2v) is 8.56. The Balaban J connectivity index is 1.47. The van der Waals surface area contributed by atoms with E-state index in [2.05, 4.69) is 20.6 Å². The second-order valence-electron chi connectivity index (χ2n) is 6.47. The van der Waals surface area contributed by atoms with Crippen molar-refractivity contribution in [2.75, 3.05) is 12.4 Å². The molecule has 1 aliphatic heterocycles. The maximum Gasteiger partial charge on any atom is 0.264 e. The molecule has 2 aromatic rings. The first-order valence-electron chi connectivity index (χ1n) is 8.73. The molecule has 1 aromatic carbocycles. The van der Waals surface area contributed by atoms with Gasteiger partial charge in [-0.05, 0) is 61.4 Å². The Hall–Kier alpha value is -2.65. The fraction of sp³-hybridized carbons (Fsp3) is 0.263. The molecule has 4 rings (SSSR count). The fourth-order valence-electron chi connectivity index (χ4n) is 2.56. The number of thiazole rings is 1. The maximum atomic E-state index is 12.3. The number of aliphatic imine (C=N–C) groups is 1. The maximum absolute atomic E-state index is 12.3. The molecule has 2 amide bonds. The number of nitrogens with one attached hydrogen (secondary N) is 2. The van der Waals surface area contributed by atoms with Gasteiger partial charge in [0, 0.05) is 12.1 Å².